The average molecular weight is 474 g/mol. The summed E-state index contributed by atoms with van der Waals surface area (Å²) in [5.74, 6) is -0.673. The lowest BCUT2D eigenvalue weighted by molar-refractivity contribution is 0.371. The van der Waals surface area contributed by atoms with Crippen LogP contribution in [0.15, 0.2) is 88.9 Å². The van der Waals surface area contributed by atoms with Crippen LogP contribution < -0.4 is 4.72 Å². The highest BCUT2D eigenvalue weighted by Crippen LogP contribution is 2.38. The lowest BCUT2D eigenvalue weighted by Gasteiger charge is -2.23. The second-order valence-electron chi connectivity index (χ2n) is 7.33. The van der Waals surface area contributed by atoms with Gasteiger partial charge < -0.3 is 0 Å². The summed E-state index contributed by atoms with van der Waals surface area (Å²) in [5, 5.41) is 4.39. The van der Waals surface area contributed by atoms with Gasteiger partial charge in [0.05, 0.1) is 28.6 Å². The van der Waals surface area contributed by atoms with E-state index in [1.165, 1.54) is 18.2 Å². The molecule has 0 saturated carbocycles. The van der Waals surface area contributed by atoms with Gasteiger partial charge in [0.15, 0.2) is 0 Å². The molecule has 4 rings (SSSR count). The molecule has 3 aromatic rings. The van der Waals surface area contributed by atoms with Gasteiger partial charge in [-0.3, -0.25) is 4.72 Å². The van der Waals surface area contributed by atoms with Gasteiger partial charge in [-0.25, -0.2) is 12.8 Å². The van der Waals surface area contributed by atoms with Gasteiger partial charge in [-0.1, -0.05) is 54.6 Å². The first-order valence-electron chi connectivity index (χ1n) is 9.65. The fourth-order valence-electron chi connectivity index (χ4n) is 3.56. The van der Waals surface area contributed by atoms with Gasteiger partial charge in [0.25, 0.3) is 10.0 Å². The number of sulfonamides is 2. The van der Waals surface area contributed by atoms with Crippen molar-refractivity contribution in [1.82, 2.24) is 4.41 Å². The van der Waals surface area contributed by atoms with Gasteiger partial charge >= 0.3 is 0 Å². The van der Waals surface area contributed by atoms with Crippen molar-refractivity contribution in [2.24, 2.45) is 5.10 Å². The molecule has 1 N–H and O–H groups in total. The molecule has 1 aliphatic rings. The standard InChI is InChI=1S/C22H20FN3O4S2/c1-31(27,28)25-20-13-6-5-12-19(20)21-15-22(16-8-3-2-4-9-16)26(24-21)32(29,30)18-11-7-10-17(23)14-18/h2-14,22,25H,15H2,1H3. The summed E-state index contributed by atoms with van der Waals surface area (Å²) >= 11 is 0. The third-order valence-corrected chi connectivity index (χ3v) is 7.20. The maximum Gasteiger partial charge on any atom is 0.279 e. The van der Waals surface area contributed by atoms with Gasteiger partial charge in [-0.05, 0) is 29.8 Å². The number of hydrazone groups is 1. The van der Waals surface area contributed by atoms with Crippen molar-refractivity contribution in [3.8, 4) is 0 Å². The van der Waals surface area contributed by atoms with Crippen LogP contribution in [0.2, 0.25) is 0 Å². The van der Waals surface area contributed by atoms with Gasteiger partial charge in [-0.2, -0.15) is 17.9 Å². The molecule has 10 heteroatoms. The summed E-state index contributed by atoms with van der Waals surface area (Å²) in [4.78, 5) is -0.217. The van der Waals surface area contributed by atoms with Crippen molar-refractivity contribution in [2.75, 3.05) is 11.0 Å². The lowest BCUT2D eigenvalue weighted by atomic mass is 9.98. The molecule has 166 valence electrons. The molecule has 1 aliphatic heterocycles. The van der Waals surface area contributed by atoms with Gasteiger partial charge in [0.1, 0.15) is 5.82 Å². The number of hydrogen-bond acceptors (Lipinski definition) is 5. The lowest BCUT2D eigenvalue weighted by Crippen LogP contribution is -2.27. The summed E-state index contributed by atoms with van der Waals surface area (Å²) in [6.45, 7) is 0. The Labute approximate surface area is 186 Å². The van der Waals surface area contributed by atoms with E-state index >= 15 is 0 Å². The largest absolute Gasteiger partial charge is 0.283 e. The van der Waals surface area contributed by atoms with E-state index in [2.05, 4.69) is 9.82 Å². The number of hydrogen-bond donors (Lipinski definition) is 1. The molecule has 0 aromatic heterocycles. The second-order valence-corrected chi connectivity index (χ2v) is 10.9. The number of rotatable bonds is 6. The smallest absolute Gasteiger partial charge is 0.279 e. The van der Waals surface area contributed by atoms with Crippen LogP contribution in [0.5, 0.6) is 0 Å². The van der Waals surface area contributed by atoms with Crippen LogP contribution in [0.3, 0.4) is 0 Å². The fourth-order valence-corrected chi connectivity index (χ4v) is 5.60. The van der Waals surface area contributed by atoms with Crippen molar-refractivity contribution in [1.29, 1.82) is 0 Å². The molecular formula is C22H20FN3O4S2. The van der Waals surface area contributed by atoms with E-state index in [-0.39, 0.29) is 11.3 Å². The number of benzene rings is 3. The predicted molar refractivity (Wildman–Crippen MR) is 121 cm³/mol. The van der Waals surface area contributed by atoms with E-state index in [0.29, 0.717) is 22.5 Å². The number of halogens is 1. The molecular weight excluding hydrogens is 453 g/mol. The Morgan fingerprint density at radius 3 is 2.31 bits per heavy atom. The Balaban J connectivity index is 1.83. The van der Waals surface area contributed by atoms with Crippen molar-refractivity contribution < 1.29 is 21.2 Å². The minimum Gasteiger partial charge on any atom is -0.283 e. The quantitative estimate of drug-likeness (QED) is 0.590. The first-order chi connectivity index (χ1) is 15.1. The van der Waals surface area contributed by atoms with Gasteiger partial charge in [0, 0.05) is 12.0 Å². The summed E-state index contributed by atoms with van der Waals surface area (Å²) in [5.41, 5.74) is 1.87. The SMILES string of the molecule is CS(=O)(=O)Nc1ccccc1C1=NN(S(=O)(=O)c2cccc(F)c2)C(c2ccccc2)C1. The maximum absolute atomic E-state index is 13.8. The molecule has 0 saturated heterocycles. The Hall–Kier alpha value is -3.24. The first kappa shape index (κ1) is 22.0. The molecule has 0 bridgehead atoms. The number of nitrogens with one attached hydrogen (secondary N) is 1. The van der Waals surface area contributed by atoms with Crippen LogP contribution in [0.25, 0.3) is 0 Å². The Morgan fingerprint density at radius 2 is 1.62 bits per heavy atom. The Kier molecular flexibility index (Phi) is 5.74. The summed E-state index contributed by atoms with van der Waals surface area (Å²) in [6, 6.07) is 19.7. The fraction of sp³-hybridized carbons (Fsp3) is 0.136. The minimum absolute atomic E-state index is 0.209. The van der Waals surface area contributed by atoms with E-state index in [4.69, 9.17) is 0 Å². The van der Waals surface area contributed by atoms with E-state index in [0.717, 1.165) is 16.7 Å². The summed E-state index contributed by atoms with van der Waals surface area (Å²) < 4.78 is 67.6. The molecule has 0 radical (unpaired) electrons. The van der Waals surface area contributed by atoms with Gasteiger partial charge in [-0.15, -0.1) is 0 Å². The summed E-state index contributed by atoms with van der Waals surface area (Å²) in [7, 11) is -7.74. The predicted octanol–water partition coefficient (Wildman–Crippen LogP) is 3.74. The van der Waals surface area contributed by atoms with Crippen molar-refractivity contribution in [2.45, 2.75) is 17.4 Å². The number of anilines is 1. The first-order valence-corrected chi connectivity index (χ1v) is 13.0. The molecule has 1 heterocycles. The zero-order valence-corrected chi connectivity index (χ0v) is 18.6. The topological polar surface area (TPSA) is 95.9 Å². The molecule has 0 spiro atoms. The zero-order chi connectivity index (χ0) is 22.9. The molecule has 3 aromatic carbocycles. The van der Waals surface area contributed by atoms with Crippen molar-refractivity contribution in [3.05, 3.63) is 95.8 Å². The van der Waals surface area contributed by atoms with E-state index in [9.17, 15) is 21.2 Å². The normalized spacial score (nSPS) is 16.6. The van der Waals surface area contributed by atoms with Crippen LogP contribution >= 0.6 is 0 Å². The zero-order valence-electron chi connectivity index (χ0n) is 17.0. The monoisotopic (exact) mass is 473 g/mol. The third-order valence-electron chi connectivity index (χ3n) is 4.93. The Bertz CT molecular complexity index is 1390. The highest BCUT2D eigenvalue weighted by Gasteiger charge is 2.38. The van der Waals surface area contributed by atoms with E-state index < -0.39 is 31.9 Å². The average Bonchev–Trinajstić information content (AvgIpc) is 3.20. The molecule has 1 unspecified atom stereocenters. The Morgan fingerprint density at radius 1 is 0.938 bits per heavy atom. The van der Waals surface area contributed by atoms with Crippen LogP contribution in [-0.2, 0) is 20.0 Å². The third kappa shape index (κ3) is 4.51. The highest BCUT2D eigenvalue weighted by atomic mass is 32.2. The van der Waals surface area contributed by atoms with E-state index in [1.54, 1.807) is 48.5 Å². The molecule has 0 amide bonds. The second kappa shape index (κ2) is 8.36. The molecule has 1 atom stereocenters. The van der Waals surface area contributed by atoms with Gasteiger partial charge in [0.2, 0.25) is 10.0 Å². The number of para-hydroxylation sites is 1. The highest BCUT2D eigenvalue weighted by molar-refractivity contribution is 7.92. The van der Waals surface area contributed by atoms with Crippen molar-refractivity contribution >= 4 is 31.4 Å². The molecule has 0 aliphatic carbocycles. The maximum atomic E-state index is 13.8. The molecule has 32 heavy (non-hydrogen) atoms. The van der Waals surface area contributed by atoms with Crippen LogP contribution in [0.1, 0.15) is 23.6 Å². The van der Waals surface area contributed by atoms with Crippen molar-refractivity contribution in [3.63, 3.8) is 0 Å². The molecule has 7 nitrogen and oxygen atoms in total. The minimum atomic E-state index is -4.18. The van der Waals surface area contributed by atoms with Crippen LogP contribution in [0.4, 0.5) is 10.1 Å². The van der Waals surface area contributed by atoms with Crippen LogP contribution in [0, 0.1) is 5.82 Å². The number of nitrogens with zero attached hydrogens (tertiary/aromatic N) is 2. The van der Waals surface area contributed by atoms with Crippen LogP contribution in [-0.4, -0.2) is 33.2 Å². The molecule has 0 fully saturated rings. The summed E-state index contributed by atoms with van der Waals surface area (Å²) in [6.07, 6.45) is 1.24. The van der Waals surface area contributed by atoms with E-state index in [1.807, 2.05) is 6.07 Å².